The van der Waals surface area contributed by atoms with Gasteiger partial charge in [-0.3, -0.25) is 0 Å². The fourth-order valence-corrected chi connectivity index (χ4v) is 2.48. The first-order chi connectivity index (χ1) is 10.1. The Kier molecular flexibility index (Phi) is 3.82. The molecule has 1 aliphatic rings. The number of ether oxygens (including phenoxy) is 1. The van der Waals surface area contributed by atoms with Crippen molar-refractivity contribution in [2.45, 2.75) is 39.7 Å². The lowest BCUT2D eigenvalue weighted by Crippen LogP contribution is -2.11. The molecule has 5 nitrogen and oxygen atoms in total. The number of anilines is 1. The number of aryl methyl sites for hydroxylation is 2. The first kappa shape index (κ1) is 13.9. The number of benzene rings is 1. The van der Waals surface area contributed by atoms with Crippen molar-refractivity contribution in [3.05, 3.63) is 24.0 Å². The van der Waals surface area contributed by atoms with Crippen molar-refractivity contribution < 1.29 is 4.74 Å². The smallest absolute Gasteiger partial charge is 0.181 e. The van der Waals surface area contributed by atoms with Gasteiger partial charge < -0.3 is 10.5 Å². The molecule has 0 spiro atoms. The first-order valence-corrected chi connectivity index (χ1v) is 7.60. The van der Waals surface area contributed by atoms with Crippen molar-refractivity contribution in [2.75, 3.05) is 12.3 Å². The average molecular weight is 286 g/mol. The minimum Gasteiger partial charge on any atom is -0.491 e. The van der Waals surface area contributed by atoms with E-state index in [4.69, 9.17) is 10.5 Å². The van der Waals surface area contributed by atoms with E-state index in [1.54, 1.807) is 0 Å². The first-order valence-electron chi connectivity index (χ1n) is 7.60. The van der Waals surface area contributed by atoms with Crippen LogP contribution in [-0.2, 0) is 13.0 Å². The van der Waals surface area contributed by atoms with Gasteiger partial charge in [-0.05, 0) is 37.0 Å². The van der Waals surface area contributed by atoms with E-state index in [-0.39, 0.29) is 0 Å². The number of nitrogens with zero attached hydrogens (tertiary/aromatic N) is 3. The second-order valence-electron chi connectivity index (χ2n) is 5.99. The fraction of sp³-hybridized carbons (Fsp3) is 0.500. The maximum absolute atomic E-state index is 6.08. The molecule has 1 aromatic heterocycles. The Balaban J connectivity index is 1.82. The van der Waals surface area contributed by atoms with Crippen LogP contribution in [0.4, 0.5) is 5.69 Å². The third kappa shape index (κ3) is 3.01. The second-order valence-corrected chi connectivity index (χ2v) is 5.99. The van der Waals surface area contributed by atoms with Crippen LogP contribution in [0, 0.1) is 5.92 Å². The number of aromatic nitrogens is 3. The molecule has 0 fully saturated rings. The minimum atomic E-state index is 0.477. The van der Waals surface area contributed by atoms with Crippen LogP contribution in [0.5, 0.6) is 5.75 Å². The van der Waals surface area contributed by atoms with Crippen molar-refractivity contribution in [1.82, 2.24) is 14.8 Å². The lowest BCUT2D eigenvalue weighted by atomic mass is 10.1. The van der Waals surface area contributed by atoms with Gasteiger partial charge in [0.2, 0.25) is 0 Å². The topological polar surface area (TPSA) is 66.0 Å². The van der Waals surface area contributed by atoms with Gasteiger partial charge >= 0.3 is 0 Å². The predicted molar refractivity (Wildman–Crippen MR) is 83.1 cm³/mol. The van der Waals surface area contributed by atoms with Crippen LogP contribution in [-0.4, -0.2) is 21.4 Å². The van der Waals surface area contributed by atoms with Crippen LogP contribution in [0.1, 0.15) is 32.5 Å². The zero-order valence-electron chi connectivity index (χ0n) is 12.7. The van der Waals surface area contributed by atoms with Gasteiger partial charge in [-0.1, -0.05) is 13.8 Å². The summed E-state index contributed by atoms with van der Waals surface area (Å²) in [6, 6.07) is 5.79. The van der Waals surface area contributed by atoms with Gasteiger partial charge in [-0.15, -0.1) is 0 Å². The number of nitrogens with two attached hydrogens (primary N) is 1. The van der Waals surface area contributed by atoms with Crippen LogP contribution in [0.15, 0.2) is 18.2 Å². The van der Waals surface area contributed by atoms with Gasteiger partial charge in [-0.25, -0.2) is 9.67 Å². The van der Waals surface area contributed by atoms with E-state index in [0.717, 1.165) is 35.9 Å². The van der Waals surface area contributed by atoms with E-state index in [1.165, 1.54) is 12.8 Å². The normalized spacial score (nSPS) is 14.2. The quantitative estimate of drug-likeness (QED) is 0.878. The summed E-state index contributed by atoms with van der Waals surface area (Å²) >= 11 is 0. The molecule has 1 aliphatic heterocycles. The molecular formula is C16H22N4O. The van der Waals surface area contributed by atoms with Crippen LogP contribution >= 0.6 is 0 Å². The van der Waals surface area contributed by atoms with Crippen LogP contribution in [0.2, 0.25) is 0 Å². The van der Waals surface area contributed by atoms with Crippen LogP contribution < -0.4 is 10.5 Å². The molecule has 0 amide bonds. The molecule has 0 atom stereocenters. The maximum Gasteiger partial charge on any atom is 0.181 e. The Morgan fingerprint density at radius 3 is 2.90 bits per heavy atom. The van der Waals surface area contributed by atoms with Gasteiger partial charge in [0, 0.05) is 18.5 Å². The Morgan fingerprint density at radius 1 is 1.33 bits per heavy atom. The van der Waals surface area contributed by atoms with Gasteiger partial charge in [0.25, 0.3) is 0 Å². The van der Waals surface area contributed by atoms with Crippen LogP contribution in [0.3, 0.4) is 0 Å². The van der Waals surface area contributed by atoms with Crippen molar-refractivity contribution in [2.24, 2.45) is 5.92 Å². The monoisotopic (exact) mass is 286 g/mol. The molecule has 0 saturated carbocycles. The van der Waals surface area contributed by atoms with Gasteiger partial charge in [-0.2, -0.15) is 5.10 Å². The lowest BCUT2D eigenvalue weighted by molar-refractivity contribution is 0.272. The molecular weight excluding hydrogens is 264 g/mol. The molecule has 2 N–H and O–H groups in total. The molecule has 3 rings (SSSR count). The summed E-state index contributed by atoms with van der Waals surface area (Å²) in [5.74, 6) is 3.05. The molecule has 0 radical (unpaired) electrons. The van der Waals surface area contributed by atoms with E-state index < -0.39 is 0 Å². The molecule has 21 heavy (non-hydrogen) atoms. The second kappa shape index (κ2) is 5.76. The molecule has 2 aromatic rings. The highest BCUT2D eigenvalue weighted by atomic mass is 16.5. The maximum atomic E-state index is 6.08. The van der Waals surface area contributed by atoms with Crippen molar-refractivity contribution in [3.63, 3.8) is 0 Å². The number of rotatable bonds is 4. The Bertz CT molecular complexity index is 610. The molecule has 2 heterocycles. The van der Waals surface area contributed by atoms with Crippen LogP contribution in [0.25, 0.3) is 11.4 Å². The number of nitrogen functional groups attached to an aromatic ring is 1. The Hall–Kier alpha value is -2.04. The standard InChI is InChI=1S/C16H22N4O/c1-11(2)10-21-14-7-6-12(9-13(14)17)16-18-15-5-3-4-8-20(15)19-16/h6-7,9,11H,3-5,8,10,17H2,1-2H3. The van der Waals surface area contributed by atoms with Crippen molar-refractivity contribution in [1.29, 1.82) is 0 Å². The highest BCUT2D eigenvalue weighted by Gasteiger charge is 2.15. The van der Waals surface area contributed by atoms with E-state index >= 15 is 0 Å². The highest BCUT2D eigenvalue weighted by Crippen LogP contribution is 2.28. The van der Waals surface area contributed by atoms with E-state index in [9.17, 15) is 0 Å². The summed E-state index contributed by atoms with van der Waals surface area (Å²) in [6.45, 7) is 5.86. The van der Waals surface area contributed by atoms with Crippen molar-refractivity contribution >= 4 is 5.69 Å². The molecule has 0 unspecified atom stereocenters. The lowest BCUT2D eigenvalue weighted by Gasteiger charge is -2.11. The van der Waals surface area contributed by atoms with E-state index in [1.807, 2.05) is 22.9 Å². The molecule has 112 valence electrons. The third-order valence-corrected chi connectivity index (χ3v) is 3.61. The predicted octanol–water partition coefficient (Wildman–Crippen LogP) is 2.90. The molecule has 5 heteroatoms. The average Bonchev–Trinajstić information content (AvgIpc) is 2.89. The summed E-state index contributed by atoms with van der Waals surface area (Å²) in [5.41, 5.74) is 7.67. The largest absolute Gasteiger partial charge is 0.491 e. The number of hydrogen-bond acceptors (Lipinski definition) is 4. The summed E-state index contributed by atoms with van der Waals surface area (Å²) in [7, 11) is 0. The molecule has 1 aromatic carbocycles. The zero-order chi connectivity index (χ0) is 14.8. The summed E-state index contributed by atoms with van der Waals surface area (Å²) in [4.78, 5) is 4.62. The molecule has 0 aliphatic carbocycles. The molecule has 0 bridgehead atoms. The van der Waals surface area contributed by atoms with Gasteiger partial charge in [0.15, 0.2) is 5.82 Å². The van der Waals surface area contributed by atoms with Gasteiger partial charge in [0.05, 0.1) is 12.3 Å². The van der Waals surface area contributed by atoms with E-state index in [2.05, 4.69) is 23.9 Å². The van der Waals surface area contributed by atoms with E-state index in [0.29, 0.717) is 18.2 Å². The van der Waals surface area contributed by atoms with Crippen molar-refractivity contribution in [3.8, 4) is 17.1 Å². The summed E-state index contributed by atoms with van der Waals surface area (Å²) in [6.07, 6.45) is 3.39. The minimum absolute atomic E-state index is 0.477. The fourth-order valence-electron chi connectivity index (χ4n) is 2.48. The molecule has 0 saturated heterocycles. The number of hydrogen-bond donors (Lipinski definition) is 1. The summed E-state index contributed by atoms with van der Waals surface area (Å²) < 4.78 is 7.71. The Morgan fingerprint density at radius 2 is 2.19 bits per heavy atom. The third-order valence-electron chi connectivity index (χ3n) is 3.61. The Labute approximate surface area is 125 Å². The summed E-state index contributed by atoms with van der Waals surface area (Å²) in [5, 5.41) is 4.58. The number of fused-ring (bicyclic) bond motifs is 1. The SMILES string of the molecule is CC(C)COc1ccc(-c2nc3n(n2)CCCC3)cc1N. The van der Waals surface area contributed by atoms with Gasteiger partial charge in [0.1, 0.15) is 11.6 Å². The zero-order valence-corrected chi connectivity index (χ0v) is 12.7. The highest BCUT2D eigenvalue weighted by molar-refractivity contribution is 5.66.